The average Bonchev–Trinajstić information content (AvgIpc) is 2.89. The van der Waals surface area contributed by atoms with Gasteiger partial charge >= 0.3 is 0 Å². The second-order valence-electron chi connectivity index (χ2n) is 8.34. The van der Waals surface area contributed by atoms with Crippen LogP contribution in [0.3, 0.4) is 0 Å². The lowest BCUT2D eigenvalue weighted by Gasteiger charge is -2.34. The van der Waals surface area contributed by atoms with E-state index in [-0.39, 0.29) is 5.91 Å². The maximum Gasteiger partial charge on any atom is 0.254 e. The molecule has 4 heteroatoms. The molecule has 164 valence electrons. The molecular formula is C29H27N3O. The van der Waals surface area contributed by atoms with Gasteiger partial charge in [-0.3, -0.25) is 9.69 Å². The SMILES string of the molecule is O=C(c1cc(-c2ccccc2)nc2ccccc12)N1CCN(CC=Cc2ccccc2)CC1. The summed E-state index contributed by atoms with van der Waals surface area (Å²) in [5.74, 6) is 0.0882. The summed E-state index contributed by atoms with van der Waals surface area (Å²) in [7, 11) is 0. The lowest BCUT2D eigenvalue weighted by molar-refractivity contribution is 0.0652. The summed E-state index contributed by atoms with van der Waals surface area (Å²) in [5, 5.41) is 0.912. The third kappa shape index (κ3) is 4.86. The third-order valence-electron chi connectivity index (χ3n) is 6.15. The first-order valence-electron chi connectivity index (χ1n) is 11.5. The topological polar surface area (TPSA) is 36.4 Å². The van der Waals surface area contributed by atoms with Crippen LogP contribution in [0.5, 0.6) is 0 Å². The molecule has 1 amide bonds. The molecule has 0 aliphatic carbocycles. The fourth-order valence-corrected chi connectivity index (χ4v) is 4.32. The number of hydrogen-bond acceptors (Lipinski definition) is 3. The number of para-hydroxylation sites is 1. The summed E-state index contributed by atoms with van der Waals surface area (Å²) < 4.78 is 0. The number of carbonyl (C=O) groups excluding carboxylic acids is 1. The first-order valence-corrected chi connectivity index (χ1v) is 11.5. The van der Waals surface area contributed by atoms with Crippen LogP contribution in [0.4, 0.5) is 0 Å². The first kappa shape index (κ1) is 21.1. The van der Waals surface area contributed by atoms with Crippen LogP contribution in [0.25, 0.3) is 28.2 Å². The van der Waals surface area contributed by atoms with Crippen LogP contribution >= 0.6 is 0 Å². The summed E-state index contributed by atoms with van der Waals surface area (Å²) in [4.78, 5) is 22.8. The van der Waals surface area contributed by atoms with Crippen molar-refractivity contribution in [2.45, 2.75) is 0 Å². The van der Waals surface area contributed by atoms with E-state index in [1.165, 1.54) is 5.56 Å². The Balaban J connectivity index is 1.31. The Morgan fingerprint density at radius 1 is 0.818 bits per heavy atom. The minimum atomic E-state index is 0.0882. The van der Waals surface area contributed by atoms with Gasteiger partial charge in [-0.05, 0) is 17.7 Å². The van der Waals surface area contributed by atoms with Gasteiger partial charge in [0.05, 0.1) is 16.8 Å². The smallest absolute Gasteiger partial charge is 0.254 e. The third-order valence-corrected chi connectivity index (χ3v) is 6.15. The van der Waals surface area contributed by atoms with Crippen LogP contribution < -0.4 is 0 Å². The summed E-state index contributed by atoms with van der Waals surface area (Å²) >= 11 is 0. The molecule has 5 rings (SSSR count). The second-order valence-corrected chi connectivity index (χ2v) is 8.34. The summed E-state index contributed by atoms with van der Waals surface area (Å²) in [6.45, 7) is 4.11. The number of fused-ring (bicyclic) bond motifs is 1. The molecule has 3 aromatic carbocycles. The Hall–Kier alpha value is -3.76. The van der Waals surface area contributed by atoms with E-state index in [2.05, 4.69) is 41.3 Å². The van der Waals surface area contributed by atoms with Gasteiger partial charge in [-0.15, -0.1) is 0 Å². The van der Waals surface area contributed by atoms with E-state index in [0.29, 0.717) is 0 Å². The van der Waals surface area contributed by atoms with E-state index in [1.54, 1.807) is 0 Å². The Bertz CT molecular complexity index is 1260. The predicted molar refractivity (Wildman–Crippen MR) is 135 cm³/mol. The Morgan fingerprint density at radius 2 is 1.48 bits per heavy atom. The second kappa shape index (κ2) is 9.80. The van der Waals surface area contributed by atoms with Crippen molar-refractivity contribution < 1.29 is 4.79 Å². The normalized spacial score (nSPS) is 14.7. The molecule has 1 saturated heterocycles. The molecule has 0 N–H and O–H groups in total. The van der Waals surface area contributed by atoms with Gasteiger partial charge in [-0.25, -0.2) is 4.98 Å². The van der Waals surface area contributed by atoms with Crippen LogP contribution in [0, 0.1) is 0 Å². The number of benzene rings is 3. The quantitative estimate of drug-likeness (QED) is 0.424. The molecule has 1 aromatic heterocycles. The molecule has 0 atom stereocenters. The molecule has 1 aliphatic heterocycles. The van der Waals surface area contributed by atoms with E-state index < -0.39 is 0 Å². The number of hydrogen-bond donors (Lipinski definition) is 0. The Kier molecular flexibility index (Phi) is 6.27. The molecule has 0 spiro atoms. The zero-order valence-corrected chi connectivity index (χ0v) is 18.6. The van der Waals surface area contributed by atoms with E-state index in [0.717, 1.165) is 60.4 Å². The highest BCUT2D eigenvalue weighted by Gasteiger charge is 2.24. The molecule has 4 aromatic rings. The van der Waals surface area contributed by atoms with Crippen LogP contribution in [0.15, 0.2) is 97.1 Å². The minimum Gasteiger partial charge on any atom is -0.336 e. The molecule has 4 nitrogen and oxygen atoms in total. The standard InChI is InChI=1S/C29H27N3O/c33-29(32-20-18-31(19-21-32)17-9-12-23-10-3-1-4-11-23)26-22-28(24-13-5-2-6-14-24)30-27-16-8-7-15-25(26)27/h1-16,22H,17-21H2. The van der Waals surface area contributed by atoms with Crippen molar-refractivity contribution in [3.05, 3.63) is 108 Å². The first-order chi connectivity index (χ1) is 16.3. The van der Waals surface area contributed by atoms with E-state index in [9.17, 15) is 4.79 Å². The number of nitrogens with zero attached hydrogens (tertiary/aromatic N) is 3. The largest absolute Gasteiger partial charge is 0.336 e. The number of piperazine rings is 1. The lowest BCUT2D eigenvalue weighted by atomic mass is 10.0. The highest BCUT2D eigenvalue weighted by molar-refractivity contribution is 6.07. The molecular weight excluding hydrogens is 406 g/mol. The van der Waals surface area contributed by atoms with Gasteiger partial charge in [0.15, 0.2) is 0 Å². The van der Waals surface area contributed by atoms with Gasteiger partial charge < -0.3 is 4.90 Å². The van der Waals surface area contributed by atoms with Crippen molar-refractivity contribution in [2.75, 3.05) is 32.7 Å². The Morgan fingerprint density at radius 3 is 2.24 bits per heavy atom. The number of rotatable bonds is 5. The number of pyridine rings is 1. The molecule has 33 heavy (non-hydrogen) atoms. The van der Waals surface area contributed by atoms with Gasteiger partial charge in [0, 0.05) is 43.7 Å². The van der Waals surface area contributed by atoms with E-state index >= 15 is 0 Å². The molecule has 0 unspecified atom stereocenters. The molecule has 2 heterocycles. The fraction of sp³-hybridized carbons (Fsp3) is 0.172. The lowest BCUT2D eigenvalue weighted by Crippen LogP contribution is -2.48. The van der Waals surface area contributed by atoms with Crippen LogP contribution in [0.1, 0.15) is 15.9 Å². The van der Waals surface area contributed by atoms with Gasteiger partial charge in [0.2, 0.25) is 0 Å². The molecule has 1 fully saturated rings. The van der Waals surface area contributed by atoms with Gasteiger partial charge in [-0.1, -0.05) is 91.0 Å². The predicted octanol–water partition coefficient (Wildman–Crippen LogP) is 5.37. The number of carbonyl (C=O) groups is 1. The van der Waals surface area contributed by atoms with E-state index in [4.69, 9.17) is 4.98 Å². The van der Waals surface area contributed by atoms with E-state index in [1.807, 2.05) is 71.6 Å². The molecule has 0 saturated carbocycles. The zero-order valence-electron chi connectivity index (χ0n) is 18.6. The average molecular weight is 434 g/mol. The van der Waals surface area contributed by atoms with Crippen LogP contribution in [0.2, 0.25) is 0 Å². The van der Waals surface area contributed by atoms with Crippen LogP contribution in [-0.4, -0.2) is 53.4 Å². The molecule has 0 radical (unpaired) electrons. The molecule has 0 bridgehead atoms. The molecule has 1 aliphatic rings. The van der Waals surface area contributed by atoms with Crippen LogP contribution in [-0.2, 0) is 0 Å². The summed E-state index contributed by atoms with van der Waals surface area (Å²) in [5.41, 5.74) is 4.66. The highest BCUT2D eigenvalue weighted by atomic mass is 16.2. The summed E-state index contributed by atoms with van der Waals surface area (Å²) in [6.07, 6.45) is 4.36. The van der Waals surface area contributed by atoms with Crippen molar-refractivity contribution in [1.82, 2.24) is 14.8 Å². The number of aromatic nitrogens is 1. The van der Waals surface area contributed by atoms with Crippen molar-refractivity contribution >= 4 is 22.9 Å². The van der Waals surface area contributed by atoms with Crippen molar-refractivity contribution in [3.63, 3.8) is 0 Å². The Labute approximate surface area is 194 Å². The maximum atomic E-state index is 13.6. The minimum absolute atomic E-state index is 0.0882. The maximum absolute atomic E-state index is 13.6. The number of amides is 1. The van der Waals surface area contributed by atoms with Crippen molar-refractivity contribution in [3.8, 4) is 11.3 Å². The highest BCUT2D eigenvalue weighted by Crippen LogP contribution is 2.26. The van der Waals surface area contributed by atoms with Gasteiger partial charge in [0.25, 0.3) is 5.91 Å². The van der Waals surface area contributed by atoms with Crippen molar-refractivity contribution in [1.29, 1.82) is 0 Å². The zero-order chi connectivity index (χ0) is 22.5. The van der Waals surface area contributed by atoms with Gasteiger partial charge in [-0.2, -0.15) is 0 Å². The van der Waals surface area contributed by atoms with Gasteiger partial charge in [0.1, 0.15) is 0 Å². The van der Waals surface area contributed by atoms with Crippen molar-refractivity contribution in [2.24, 2.45) is 0 Å². The summed E-state index contributed by atoms with van der Waals surface area (Å²) in [6, 6.07) is 30.3. The fourth-order valence-electron chi connectivity index (χ4n) is 4.32. The monoisotopic (exact) mass is 433 g/mol.